The minimum absolute atomic E-state index is 0.524. The lowest BCUT2D eigenvalue weighted by atomic mass is 10.1. The Morgan fingerprint density at radius 2 is 1.86 bits per heavy atom. The van der Waals surface area contributed by atoms with Gasteiger partial charge in [0.05, 0.1) is 19.4 Å². The Morgan fingerprint density at radius 1 is 1.07 bits per heavy atom. The molecule has 1 heterocycles. The first-order chi connectivity index (χ1) is 13.7. The zero-order chi connectivity index (χ0) is 19.8. The predicted molar refractivity (Wildman–Crippen MR) is 109 cm³/mol. The molecule has 7 nitrogen and oxygen atoms in total. The average molecular weight is 401 g/mol. The summed E-state index contributed by atoms with van der Waals surface area (Å²) < 4.78 is 13.1. The number of aryl methyl sites for hydroxylation is 2. The highest BCUT2D eigenvalue weighted by atomic mass is 32.2. The van der Waals surface area contributed by atoms with E-state index in [4.69, 9.17) is 9.47 Å². The number of nitrogens with two attached hydrogens (primary N) is 1. The highest BCUT2D eigenvalue weighted by molar-refractivity contribution is 7.99. The van der Waals surface area contributed by atoms with Crippen LogP contribution < -0.4 is 14.8 Å². The Bertz CT molecular complexity index is 883. The summed E-state index contributed by atoms with van der Waals surface area (Å²) in [5.41, 5.74) is 3.58. The highest BCUT2D eigenvalue weighted by Crippen LogP contribution is 2.28. The quantitative estimate of drug-likeness (QED) is 0.414. The van der Waals surface area contributed by atoms with Crippen LogP contribution in [0.15, 0.2) is 47.6 Å². The highest BCUT2D eigenvalue weighted by Gasteiger charge is 2.08. The number of methoxy groups -OCH3 is 1. The molecule has 3 aromatic rings. The maximum Gasteiger partial charge on any atom is 0.209 e. The third-order valence-electron chi connectivity index (χ3n) is 4.26. The van der Waals surface area contributed by atoms with Crippen molar-refractivity contribution >= 4 is 11.8 Å². The number of nitrogens with zero attached hydrogens (tertiary/aromatic N) is 4. The van der Waals surface area contributed by atoms with Crippen LogP contribution in [0.25, 0.3) is 0 Å². The molecule has 2 aromatic carbocycles. The first kappa shape index (κ1) is 20.2. The number of hydrogen-bond donors (Lipinski definition) is 1. The number of hydrogen-bond acceptors (Lipinski definition) is 6. The van der Waals surface area contributed by atoms with Gasteiger partial charge in [0, 0.05) is 12.6 Å². The van der Waals surface area contributed by atoms with Gasteiger partial charge >= 0.3 is 0 Å². The molecule has 0 bridgehead atoms. The molecule has 0 unspecified atom stereocenters. The number of ether oxygens (including phenoxy) is 2. The fourth-order valence-electron chi connectivity index (χ4n) is 2.65. The first-order valence-electron chi connectivity index (χ1n) is 9.18. The van der Waals surface area contributed by atoms with Crippen LogP contribution in [0, 0.1) is 6.92 Å². The minimum atomic E-state index is 0.524. The molecule has 1 aromatic heterocycles. The van der Waals surface area contributed by atoms with Crippen molar-refractivity contribution in [1.29, 1.82) is 0 Å². The van der Waals surface area contributed by atoms with Crippen LogP contribution in [-0.2, 0) is 20.2 Å². The second kappa shape index (κ2) is 10.1. The van der Waals surface area contributed by atoms with Crippen molar-refractivity contribution in [2.24, 2.45) is 7.05 Å². The molecular formula is C20H26N5O2S+. The molecule has 0 saturated heterocycles. The van der Waals surface area contributed by atoms with Crippen molar-refractivity contribution < 1.29 is 14.8 Å². The molecule has 0 saturated carbocycles. The second-order valence-electron chi connectivity index (χ2n) is 6.47. The van der Waals surface area contributed by atoms with Gasteiger partial charge in [-0.15, -0.1) is 5.10 Å². The van der Waals surface area contributed by atoms with Gasteiger partial charge in [-0.05, 0) is 41.1 Å². The Hall–Kier alpha value is -2.58. The number of benzene rings is 2. The van der Waals surface area contributed by atoms with Crippen molar-refractivity contribution in [2.45, 2.75) is 25.2 Å². The minimum Gasteiger partial charge on any atom is -0.493 e. The van der Waals surface area contributed by atoms with E-state index in [1.54, 1.807) is 23.6 Å². The van der Waals surface area contributed by atoms with Crippen molar-refractivity contribution in [3.63, 3.8) is 0 Å². The molecule has 0 aliphatic rings. The first-order valence-corrected chi connectivity index (χ1v) is 10.2. The summed E-state index contributed by atoms with van der Waals surface area (Å²) in [6, 6.07) is 14.5. The van der Waals surface area contributed by atoms with Gasteiger partial charge in [0.15, 0.2) is 11.5 Å². The van der Waals surface area contributed by atoms with E-state index in [0.717, 1.165) is 41.1 Å². The SMILES string of the molecule is COc1cc(C[NH2+]CCSc2nnnn2C)ccc1OCc1ccc(C)cc1. The molecule has 0 radical (unpaired) electrons. The zero-order valence-electron chi connectivity index (χ0n) is 16.5. The lowest BCUT2D eigenvalue weighted by molar-refractivity contribution is -0.666. The Morgan fingerprint density at radius 3 is 2.57 bits per heavy atom. The van der Waals surface area contributed by atoms with Crippen LogP contribution in [0.5, 0.6) is 11.5 Å². The van der Waals surface area contributed by atoms with E-state index in [2.05, 4.69) is 58.1 Å². The van der Waals surface area contributed by atoms with E-state index in [-0.39, 0.29) is 0 Å². The molecule has 8 heteroatoms. The lowest BCUT2D eigenvalue weighted by Crippen LogP contribution is -2.83. The maximum atomic E-state index is 5.94. The van der Waals surface area contributed by atoms with Crippen molar-refractivity contribution in [3.05, 3.63) is 59.2 Å². The van der Waals surface area contributed by atoms with Gasteiger partial charge in [0.1, 0.15) is 13.2 Å². The van der Waals surface area contributed by atoms with Crippen LogP contribution in [0.3, 0.4) is 0 Å². The third-order valence-corrected chi connectivity index (χ3v) is 5.30. The number of tetrazole rings is 1. The van der Waals surface area contributed by atoms with Gasteiger partial charge in [-0.1, -0.05) is 41.6 Å². The molecule has 28 heavy (non-hydrogen) atoms. The van der Waals surface area contributed by atoms with Crippen molar-refractivity contribution in [1.82, 2.24) is 20.2 Å². The van der Waals surface area contributed by atoms with Crippen LogP contribution in [0.4, 0.5) is 0 Å². The van der Waals surface area contributed by atoms with Gasteiger partial charge in [0.2, 0.25) is 5.16 Å². The fourth-order valence-corrected chi connectivity index (χ4v) is 3.43. The summed E-state index contributed by atoms with van der Waals surface area (Å²) >= 11 is 1.66. The topological polar surface area (TPSA) is 78.7 Å². The number of thioether (sulfide) groups is 1. The van der Waals surface area contributed by atoms with Crippen LogP contribution in [0.1, 0.15) is 16.7 Å². The normalized spacial score (nSPS) is 10.8. The largest absolute Gasteiger partial charge is 0.493 e. The second-order valence-corrected chi connectivity index (χ2v) is 7.54. The monoisotopic (exact) mass is 400 g/mol. The van der Waals surface area contributed by atoms with Crippen LogP contribution in [-0.4, -0.2) is 39.6 Å². The van der Waals surface area contributed by atoms with Crippen molar-refractivity contribution in [3.8, 4) is 11.5 Å². The lowest BCUT2D eigenvalue weighted by Gasteiger charge is -2.12. The van der Waals surface area contributed by atoms with Gasteiger partial charge in [-0.3, -0.25) is 0 Å². The zero-order valence-corrected chi connectivity index (χ0v) is 17.3. The van der Waals surface area contributed by atoms with Crippen molar-refractivity contribution in [2.75, 3.05) is 19.4 Å². The summed E-state index contributed by atoms with van der Waals surface area (Å²) in [5.74, 6) is 2.47. The number of quaternary nitrogens is 1. The van der Waals surface area contributed by atoms with Gasteiger partial charge < -0.3 is 14.8 Å². The molecule has 0 atom stereocenters. The smallest absolute Gasteiger partial charge is 0.209 e. The number of rotatable bonds is 10. The van der Waals surface area contributed by atoms with Crippen LogP contribution >= 0.6 is 11.8 Å². The maximum absolute atomic E-state index is 5.94. The molecular weight excluding hydrogens is 374 g/mol. The van der Waals surface area contributed by atoms with Gasteiger partial charge in [-0.25, -0.2) is 4.68 Å². The molecule has 3 rings (SSSR count). The number of aromatic nitrogens is 4. The molecule has 0 aliphatic heterocycles. The van der Waals surface area contributed by atoms with Gasteiger partial charge in [0.25, 0.3) is 0 Å². The summed E-state index contributed by atoms with van der Waals surface area (Å²) in [4.78, 5) is 0. The molecule has 2 N–H and O–H groups in total. The van der Waals surface area contributed by atoms with Gasteiger partial charge in [-0.2, -0.15) is 0 Å². The van der Waals surface area contributed by atoms with Crippen LogP contribution in [0.2, 0.25) is 0 Å². The Balaban J connectivity index is 1.46. The Labute approximate surface area is 169 Å². The summed E-state index contributed by atoms with van der Waals surface area (Å²) in [6.45, 7) is 4.46. The van der Waals surface area contributed by atoms with E-state index in [0.29, 0.717) is 6.61 Å². The summed E-state index contributed by atoms with van der Waals surface area (Å²) in [5, 5.41) is 14.5. The molecule has 0 aliphatic carbocycles. The predicted octanol–water partition coefficient (Wildman–Crippen LogP) is 1.96. The van der Waals surface area contributed by atoms with E-state index < -0.39 is 0 Å². The molecule has 0 amide bonds. The van der Waals surface area contributed by atoms with E-state index >= 15 is 0 Å². The van der Waals surface area contributed by atoms with E-state index in [9.17, 15) is 0 Å². The Kier molecular flexibility index (Phi) is 7.27. The summed E-state index contributed by atoms with van der Waals surface area (Å²) in [6.07, 6.45) is 0. The average Bonchev–Trinajstić information content (AvgIpc) is 3.12. The fraction of sp³-hybridized carbons (Fsp3) is 0.350. The molecule has 148 valence electrons. The molecule has 0 spiro atoms. The summed E-state index contributed by atoms with van der Waals surface area (Å²) in [7, 11) is 3.52. The van der Waals surface area contributed by atoms with E-state index in [1.165, 1.54) is 11.1 Å². The van der Waals surface area contributed by atoms with E-state index in [1.807, 2.05) is 19.2 Å². The standard InChI is InChI=1S/C20H25N5O2S/c1-15-4-6-16(7-5-15)14-27-18-9-8-17(12-19(18)26-3)13-21-10-11-28-20-22-23-24-25(20)2/h4-9,12,21H,10-11,13-14H2,1-3H3/p+1. The third kappa shape index (κ3) is 5.71. The molecule has 0 fully saturated rings.